The number of likely N-dealkylation sites (tertiary alicyclic amines) is 1. The van der Waals surface area contributed by atoms with Crippen LogP contribution in [0.3, 0.4) is 0 Å². The third-order valence-corrected chi connectivity index (χ3v) is 4.91. The molecule has 5 heteroatoms. The highest BCUT2D eigenvalue weighted by Crippen LogP contribution is 2.32. The minimum Gasteiger partial charge on any atom is -0.303 e. The quantitative estimate of drug-likeness (QED) is 0.938. The number of aromatic nitrogens is 3. The van der Waals surface area contributed by atoms with Crippen molar-refractivity contribution in [2.75, 3.05) is 26.2 Å². The van der Waals surface area contributed by atoms with Gasteiger partial charge in [-0.3, -0.25) is 9.88 Å². The summed E-state index contributed by atoms with van der Waals surface area (Å²) in [5.74, 6) is 1.78. The highest BCUT2D eigenvalue weighted by atomic mass is 15.3. The Kier molecular flexibility index (Phi) is 3.39. The third kappa shape index (κ3) is 2.24. The lowest BCUT2D eigenvalue weighted by Crippen LogP contribution is -2.25. The molecular formula is C16H23N5. The molecule has 4 rings (SSSR count). The number of fused-ring (bicyclic) bond motifs is 1. The van der Waals surface area contributed by atoms with Crippen LogP contribution in [0.15, 0.2) is 18.3 Å². The standard InChI is InChI=1S/C16H23N5/c1-2-20-10-7-12(11-20)15-19-13-5-3-9-18-16(13)21(15)14-6-4-8-17-14/h3,5,9,12,14,17H,2,4,6-8,10-11H2,1H3. The van der Waals surface area contributed by atoms with Gasteiger partial charge in [0.15, 0.2) is 5.65 Å². The summed E-state index contributed by atoms with van der Waals surface area (Å²) in [6.45, 7) is 6.80. The van der Waals surface area contributed by atoms with Gasteiger partial charge in [0.25, 0.3) is 0 Å². The Morgan fingerprint density at radius 3 is 3.10 bits per heavy atom. The van der Waals surface area contributed by atoms with Gasteiger partial charge in [0, 0.05) is 18.7 Å². The van der Waals surface area contributed by atoms with Crippen LogP contribution in [0.5, 0.6) is 0 Å². The van der Waals surface area contributed by atoms with Crippen LogP contribution in [0.1, 0.15) is 44.1 Å². The molecule has 2 aromatic rings. The van der Waals surface area contributed by atoms with Gasteiger partial charge >= 0.3 is 0 Å². The van der Waals surface area contributed by atoms with E-state index in [0.717, 1.165) is 30.8 Å². The fraction of sp³-hybridized carbons (Fsp3) is 0.625. The normalized spacial score (nSPS) is 26.9. The number of rotatable bonds is 3. The molecule has 2 fully saturated rings. The molecule has 2 aromatic heterocycles. The summed E-state index contributed by atoms with van der Waals surface area (Å²) in [7, 11) is 0. The Labute approximate surface area is 125 Å². The molecule has 0 bridgehead atoms. The van der Waals surface area contributed by atoms with E-state index in [-0.39, 0.29) is 0 Å². The van der Waals surface area contributed by atoms with Gasteiger partial charge in [-0.05, 0) is 51.0 Å². The second-order valence-corrected chi connectivity index (χ2v) is 6.18. The Morgan fingerprint density at radius 2 is 2.33 bits per heavy atom. The van der Waals surface area contributed by atoms with Crippen molar-refractivity contribution in [3.8, 4) is 0 Å². The Bertz CT molecular complexity index is 629. The zero-order valence-corrected chi connectivity index (χ0v) is 12.6. The van der Waals surface area contributed by atoms with Crippen molar-refractivity contribution < 1.29 is 0 Å². The first kappa shape index (κ1) is 13.2. The second-order valence-electron chi connectivity index (χ2n) is 6.18. The smallest absolute Gasteiger partial charge is 0.161 e. The third-order valence-electron chi connectivity index (χ3n) is 4.91. The van der Waals surface area contributed by atoms with E-state index in [1.54, 1.807) is 0 Å². The second kappa shape index (κ2) is 5.39. The number of likely N-dealkylation sites (N-methyl/N-ethyl adjacent to an activating group) is 1. The van der Waals surface area contributed by atoms with E-state index in [2.05, 4.69) is 32.8 Å². The average Bonchev–Trinajstić information content (AvgIpc) is 3.24. The molecule has 0 amide bonds. The topological polar surface area (TPSA) is 46.0 Å². The van der Waals surface area contributed by atoms with Crippen molar-refractivity contribution >= 4 is 11.2 Å². The van der Waals surface area contributed by atoms with Crippen LogP contribution in [0.4, 0.5) is 0 Å². The van der Waals surface area contributed by atoms with Gasteiger partial charge in [-0.25, -0.2) is 9.97 Å². The molecule has 2 aliphatic heterocycles. The Balaban J connectivity index is 1.78. The van der Waals surface area contributed by atoms with Gasteiger partial charge in [0.2, 0.25) is 0 Å². The van der Waals surface area contributed by atoms with Crippen molar-refractivity contribution in [2.45, 2.75) is 38.3 Å². The highest BCUT2D eigenvalue weighted by Gasteiger charge is 2.31. The molecular weight excluding hydrogens is 262 g/mol. The van der Waals surface area contributed by atoms with E-state index < -0.39 is 0 Å². The summed E-state index contributed by atoms with van der Waals surface area (Å²) >= 11 is 0. The molecule has 5 nitrogen and oxygen atoms in total. The van der Waals surface area contributed by atoms with Crippen molar-refractivity contribution in [1.29, 1.82) is 0 Å². The number of nitrogens with zero attached hydrogens (tertiary/aromatic N) is 4. The van der Waals surface area contributed by atoms with Crippen LogP contribution in [0, 0.1) is 0 Å². The summed E-state index contributed by atoms with van der Waals surface area (Å²) in [5.41, 5.74) is 2.08. The number of nitrogens with one attached hydrogen (secondary N) is 1. The molecule has 2 aliphatic rings. The predicted molar refractivity (Wildman–Crippen MR) is 83.3 cm³/mol. The number of hydrogen-bond donors (Lipinski definition) is 1. The molecule has 21 heavy (non-hydrogen) atoms. The molecule has 112 valence electrons. The molecule has 2 unspecified atom stereocenters. The SMILES string of the molecule is CCN1CCC(c2nc3cccnc3n2C2CCCN2)C1. The van der Waals surface area contributed by atoms with Crippen LogP contribution in [-0.4, -0.2) is 45.6 Å². The van der Waals surface area contributed by atoms with Crippen LogP contribution < -0.4 is 5.32 Å². The van der Waals surface area contributed by atoms with Crippen LogP contribution in [-0.2, 0) is 0 Å². The largest absolute Gasteiger partial charge is 0.303 e. The lowest BCUT2D eigenvalue weighted by molar-refractivity contribution is 0.349. The maximum absolute atomic E-state index is 4.94. The molecule has 2 atom stereocenters. The zero-order chi connectivity index (χ0) is 14.2. The first-order chi connectivity index (χ1) is 10.4. The van der Waals surface area contributed by atoms with Gasteiger partial charge < -0.3 is 4.90 Å². The highest BCUT2D eigenvalue weighted by molar-refractivity contribution is 5.71. The molecule has 0 spiro atoms. The fourth-order valence-electron chi connectivity index (χ4n) is 3.76. The van der Waals surface area contributed by atoms with Gasteiger partial charge in [0.05, 0.1) is 6.17 Å². The van der Waals surface area contributed by atoms with Crippen molar-refractivity contribution in [1.82, 2.24) is 24.8 Å². The van der Waals surface area contributed by atoms with Gasteiger partial charge in [0.1, 0.15) is 11.3 Å². The van der Waals surface area contributed by atoms with Crippen molar-refractivity contribution in [2.24, 2.45) is 0 Å². The van der Waals surface area contributed by atoms with Crippen LogP contribution in [0.2, 0.25) is 0 Å². The lowest BCUT2D eigenvalue weighted by atomic mass is 10.1. The van der Waals surface area contributed by atoms with Gasteiger partial charge in [-0.1, -0.05) is 6.92 Å². The van der Waals surface area contributed by atoms with E-state index in [1.165, 1.54) is 31.6 Å². The number of pyridine rings is 1. The molecule has 0 radical (unpaired) electrons. The van der Waals surface area contributed by atoms with Crippen LogP contribution >= 0.6 is 0 Å². The molecule has 4 heterocycles. The molecule has 0 aliphatic carbocycles. The van der Waals surface area contributed by atoms with E-state index in [9.17, 15) is 0 Å². The molecule has 0 aromatic carbocycles. The number of imidazole rings is 1. The Hall–Kier alpha value is -1.46. The summed E-state index contributed by atoms with van der Waals surface area (Å²) in [4.78, 5) is 12.1. The lowest BCUT2D eigenvalue weighted by Gasteiger charge is -2.19. The summed E-state index contributed by atoms with van der Waals surface area (Å²) in [6, 6.07) is 4.07. The summed E-state index contributed by atoms with van der Waals surface area (Å²) in [6.07, 6.45) is 5.88. The molecule has 0 saturated carbocycles. The zero-order valence-electron chi connectivity index (χ0n) is 12.6. The molecule has 2 saturated heterocycles. The van der Waals surface area contributed by atoms with E-state index in [0.29, 0.717) is 12.1 Å². The van der Waals surface area contributed by atoms with Crippen molar-refractivity contribution in [3.63, 3.8) is 0 Å². The maximum atomic E-state index is 4.94. The predicted octanol–water partition coefficient (Wildman–Crippen LogP) is 2.12. The van der Waals surface area contributed by atoms with Crippen molar-refractivity contribution in [3.05, 3.63) is 24.2 Å². The average molecular weight is 285 g/mol. The van der Waals surface area contributed by atoms with E-state index in [4.69, 9.17) is 4.98 Å². The first-order valence-electron chi connectivity index (χ1n) is 8.15. The van der Waals surface area contributed by atoms with E-state index in [1.807, 2.05) is 12.3 Å². The monoisotopic (exact) mass is 285 g/mol. The first-order valence-corrected chi connectivity index (χ1v) is 8.15. The van der Waals surface area contributed by atoms with Gasteiger partial charge in [-0.2, -0.15) is 0 Å². The molecule has 1 N–H and O–H groups in total. The maximum Gasteiger partial charge on any atom is 0.161 e. The fourth-order valence-corrected chi connectivity index (χ4v) is 3.76. The minimum atomic E-state index is 0.371. The summed E-state index contributed by atoms with van der Waals surface area (Å²) < 4.78 is 2.38. The Morgan fingerprint density at radius 1 is 1.38 bits per heavy atom. The van der Waals surface area contributed by atoms with Crippen LogP contribution in [0.25, 0.3) is 11.2 Å². The summed E-state index contributed by atoms with van der Waals surface area (Å²) in [5, 5.41) is 3.61. The van der Waals surface area contributed by atoms with Gasteiger partial charge in [-0.15, -0.1) is 0 Å². The number of hydrogen-bond acceptors (Lipinski definition) is 4. The van der Waals surface area contributed by atoms with E-state index >= 15 is 0 Å². The minimum absolute atomic E-state index is 0.371.